The van der Waals surface area contributed by atoms with E-state index in [1.165, 1.54) is 18.2 Å². The van der Waals surface area contributed by atoms with E-state index >= 15 is 0 Å². The Bertz CT molecular complexity index is 588. The largest absolute Gasteiger partial charge is 0.381 e. The number of benzene rings is 1. The Kier molecular flexibility index (Phi) is 5.33. The summed E-state index contributed by atoms with van der Waals surface area (Å²) in [5.41, 5.74) is 0.195. The molecule has 6 heteroatoms. The van der Waals surface area contributed by atoms with Crippen molar-refractivity contribution in [2.24, 2.45) is 10.9 Å². The highest BCUT2D eigenvalue weighted by Crippen LogP contribution is 2.43. The van der Waals surface area contributed by atoms with Crippen LogP contribution in [0.3, 0.4) is 0 Å². The second-order valence-corrected chi connectivity index (χ2v) is 6.54. The molecule has 0 amide bonds. The number of hydrogen-bond acceptors (Lipinski definition) is 2. The smallest absolute Gasteiger partial charge is 0.193 e. The summed E-state index contributed by atoms with van der Waals surface area (Å²) in [5.74, 6) is 0.292. The summed E-state index contributed by atoms with van der Waals surface area (Å²) in [6, 6.07) is 4.09. The first kappa shape index (κ1) is 17.1. The molecule has 1 aliphatic carbocycles. The average molecular weight is 337 g/mol. The quantitative estimate of drug-likeness (QED) is 0.663. The van der Waals surface area contributed by atoms with E-state index in [9.17, 15) is 8.78 Å². The van der Waals surface area contributed by atoms with Crippen LogP contribution in [-0.4, -0.2) is 50.3 Å². The lowest BCUT2D eigenvalue weighted by Crippen LogP contribution is -2.41. The molecule has 24 heavy (non-hydrogen) atoms. The zero-order valence-electron chi connectivity index (χ0n) is 14.3. The number of likely N-dealkylation sites (tertiary alicyclic amines) is 1. The van der Waals surface area contributed by atoms with Crippen LogP contribution in [0.4, 0.5) is 8.78 Å². The van der Waals surface area contributed by atoms with E-state index in [2.05, 4.69) is 15.2 Å². The van der Waals surface area contributed by atoms with Crippen molar-refractivity contribution in [3.8, 4) is 0 Å². The van der Waals surface area contributed by atoms with Gasteiger partial charge in [-0.15, -0.1) is 0 Å². The lowest BCUT2D eigenvalue weighted by atomic mass is 10.1. The maximum Gasteiger partial charge on any atom is 0.193 e. The topological polar surface area (TPSA) is 36.9 Å². The minimum absolute atomic E-state index is 0.0426. The van der Waals surface area contributed by atoms with Gasteiger partial charge in [-0.1, -0.05) is 6.07 Å². The van der Waals surface area contributed by atoms with Crippen molar-refractivity contribution in [2.45, 2.75) is 31.7 Å². The normalized spacial score (nSPS) is 26.8. The Balaban J connectivity index is 1.57. The number of hydrogen-bond donors (Lipinski definition) is 1. The van der Waals surface area contributed by atoms with Crippen molar-refractivity contribution in [1.29, 1.82) is 0 Å². The van der Waals surface area contributed by atoms with Gasteiger partial charge in [-0.3, -0.25) is 4.99 Å². The number of aliphatic imine (C=N–C) groups is 1. The van der Waals surface area contributed by atoms with Gasteiger partial charge in [0.15, 0.2) is 5.96 Å². The molecular formula is C18H25F2N3O. The summed E-state index contributed by atoms with van der Waals surface area (Å²) in [5, 5.41) is 3.36. The molecule has 1 N–H and O–H groups in total. The Hall–Kier alpha value is -1.69. The highest BCUT2D eigenvalue weighted by molar-refractivity contribution is 5.81. The Morgan fingerprint density at radius 2 is 2.12 bits per heavy atom. The fourth-order valence-electron chi connectivity index (χ4n) is 3.45. The van der Waals surface area contributed by atoms with E-state index in [0.717, 1.165) is 45.1 Å². The van der Waals surface area contributed by atoms with E-state index in [1.54, 1.807) is 7.05 Å². The maximum absolute atomic E-state index is 13.9. The second-order valence-electron chi connectivity index (χ2n) is 6.54. The van der Waals surface area contributed by atoms with Crippen molar-refractivity contribution < 1.29 is 13.5 Å². The van der Waals surface area contributed by atoms with Gasteiger partial charge in [-0.2, -0.15) is 0 Å². The molecule has 132 valence electrons. The van der Waals surface area contributed by atoms with Gasteiger partial charge in [-0.05, 0) is 31.9 Å². The van der Waals surface area contributed by atoms with Gasteiger partial charge in [0.1, 0.15) is 11.6 Å². The van der Waals surface area contributed by atoms with Crippen molar-refractivity contribution in [3.63, 3.8) is 0 Å². The minimum Gasteiger partial charge on any atom is -0.381 e. The van der Waals surface area contributed by atoms with E-state index in [-0.39, 0.29) is 17.5 Å². The average Bonchev–Trinajstić information content (AvgIpc) is 3.15. The standard InChI is InChI=1S/C18H25F2N3O/c1-3-24-11-12-7-8-23(10-12)18(21-2)22-16-9-13(16)17-14(19)5-4-6-15(17)20/h4-6,12-13,16H,3,7-11H2,1-2H3,(H,21,22). The number of guanidine groups is 1. The summed E-state index contributed by atoms with van der Waals surface area (Å²) < 4.78 is 33.3. The van der Waals surface area contributed by atoms with Crippen LogP contribution in [0.1, 0.15) is 31.2 Å². The number of nitrogens with zero attached hydrogens (tertiary/aromatic N) is 2. The van der Waals surface area contributed by atoms with Crippen LogP contribution >= 0.6 is 0 Å². The molecule has 3 atom stereocenters. The summed E-state index contributed by atoms with van der Waals surface area (Å²) in [6.45, 7) is 5.36. The maximum atomic E-state index is 13.9. The number of ether oxygens (including phenoxy) is 1. The Morgan fingerprint density at radius 1 is 1.38 bits per heavy atom. The fraction of sp³-hybridized carbons (Fsp3) is 0.611. The van der Waals surface area contributed by atoms with Crippen LogP contribution in [0.15, 0.2) is 23.2 Å². The number of rotatable bonds is 5. The summed E-state index contributed by atoms with van der Waals surface area (Å²) in [4.78, 5) is 6.55. The van der Waals surface area contributed by atoms with Gasteiger partial charge in [0.05, 0.1) is 6.61 Å². The molecule has 3 rings (SSSR count). The van der Waals surface area contributed by atoms with E-state index < -0.39 is 11.6 Å². The van der Waals surface area contributed by atoms with Crippen LogP contribution in [0.2, 0.25) is 0 Å². The molecule has 1 aromatic rings. The van der Waals surface area contributed by atoms with Crippen LogP contribution in [0, 0.1) is 17.6 Å². The number of nitrogens with one attached hydrogen (secondary N) is 1. The third-order valence-corrected chi connectivity index (χ3v) is 4.83. The molecule has 2 fully saturated rings. The lowest BCUT2D eigenvalue weighted by molar-refractivity contribution is 0.114. The predicted molar refractivity (Wildman–Crippen MR) is 90.2 cm³/mol. The van der Waals surface area contributed by atoms with Crippen LogP contribution < -0.4 is 5.32 Å². The first-order valence-corrected chi connectivity index (χ1v) is 8.64. The summed E-state index contributed by atoms with van der Waals surface area (Å²) in [7, 11) is 1.75. The molecule has 1 saturated carbocycles. The van der Waals surface area contributed by atoms with E-state index in [0.29, 0.717) is 5.92 Å². The van der Waals surface area contributed by atoms with Crippen LogP contribution in [0.25, 0.3) is 0 Å². The SMILES string of the molecule is CCOCC1CCN(C(=NC)NC2CC2c2c(F)cccc2F)C1. The van der Waals surface area contributed by atoms with E-state index in [1.807, 2.05) is 6.92 Å². The van der Waals surface area contributed by atoms with Crippen molar-refractivity contribution in [1.82, 2.24) is 10.2 Å². The van der Waals surface area contributed by atoms with Gasteiger partial charge in [0.2, 0.25) is 0 Å². The monoisotopic (exact) mass is 337 g/mol. The molecule has 1 saturated heterocycles. The minimum atomic E-state index is -0.461. The number of halogens is 2. The molecule has 1 aromatic carbocycles. The molecule has 1 aliphatic heterocycles. The fourth-order valence-corrected chi connectivity index (χ4v) is 3.45. The summed E-state index contributed by atoms with van der Waals surface area (Å²) in [6.07, 6.45) is 1.81. The zero-order chi connectivity index (χ0) is 17.1. The van der Waals surface area contributed by atoms with Crippen molar-refractivity contribution in [2.75, 3.05) is 33.4 Å². The lowest BCUT2D eigenvalue weighted by Gasteiger charge is -2.22. The molecule has 0 radical (unpaired) electrons. The highest BCUT2D eigenvalue weighted by atomic mass is 19.1. The Morgan fingerprint density at radius 3 is 2.79 bits per heavy atom. The summed E-state index contributed by atoms with van der Waals surface area (Å²) >= 11 is 0. The second kappa shape index (κ2) is 7.47. The predicted octanol–water partition coefficient (Wildman–Crippen LogP) is 2.75. The molecule has 0 bridgehead atoms. The Labute approximate surface area is 141 Å². The molecule has 4 nitrogen and oxygen atoms in total. The molecule has 0 spiro atoms. The molecule has 2 aliphatic rings. The van der Waals surface area contributed by atoms with Gasteiger partial charge in [0, 0.05) is 50.2 Å². The van der Waals surface area contributed by atoms with Gasteiger partial charge in [-0.25, -0.2) is 8.78 Å². The third-order valence-electron chi connectivity index (χ3n) is 4.83. The van der Waals surface area contributed by atoms with E-state index in [4.69, 9.17) is 4.74 Å². The molecule has 1 heterocycles. The van der Waals surface area contributed by atoms with Gasteiger partial charge in [0.25, 0.3) is 0 Å². The molecule has 0 aromatic heterocycles. The van der Waals surface area contributed by atoms with Crippen molar-refractivity contribution >= 4 is 5.96 Å². The van der Waals surface area contributed by atoms with Gasteiger partial charge >= 0.3 is 0 Å². The molecular weight excluding hydrogens is 312 g/mol. The first-order valence-electron chi connectivity index (χ1n) is 8.64. The van der Waals surface area contributed by atoms with Crippen molar-refractivity contribution in [3.05, 3.63) is 35.4 Å². The van der Waals surface area contributed by atoms with Crippen LogP contribution in [-0.2, 0) is 4.74 Å². The zero-order valence-corrected chi connectivity index (χ0v) is 14.3. The molecule has 3 unspecified atom stereocenters. The highest BCUT2D eigenvalue weighted by Gasteiger charge is 2.43. The van der Waals surface area contributed by atoms with Crippen LogP contribution in [0.5, 0.6) is 0 Å². The van der Waals surface area contributed by atoms with Gasteiger partial charge < -0.3 is 15.0 Å². The third kappa shape index (κ3) is 3.69. The first-order chi connectivity index (χ1) is 11.6.